The van der Waals surface area contributed by atoms with Crippen molar-refractivity contribution in [3.05, 3.63) is 95.5 Å². The highest BCUT2D eigenvalue weighted by Gasteiger charge is 2.15. The molecule has 0 fully saturated rings. The van der Waals surface area contributed by atoms with Crippen LogP contribution in [0.3, 0.4) is 0 Å². The number of carbonyl (C=O) groups excluding carboxylic acids is 1. The number of nitrogens with one attached hydrogen (secondary N) is 1. The van der Waals surface area contributed by atoms with E-state index in [1.807, 2.05) is 37.3 Å². The molecule has 7 heteroatoms. The summed E-state index contributed by atoms with van der Waals surface area (Å²) in [6.07, 6.45) is 0. The molecule has 4 rings (SSSR count). The molecule has 0 atom stereocenters. The molecule has 0 bridgehead atoms. The van der Waals surface area contributed by atoms with Crippen molar-refractivity contribution in [2.75, 3.05) is 11.9 Å². The molecule has 32 heavy (non-hydrogen) atoms. The Kier molecular flexibility index (Phi) is 5.98. The maximum absolute atomic E-state index is 13.1. The van der Waals surface area contributed by atoms with E-state index in [1.165, 1.54) is 12.1 Å². The van der Waals surface area contributed by atoms with Gasteiger partial charge in [0.05, 0.1) is 17.9 Å². The lowest BCUT2D eigenvalue weighted by molar-refractivity contribution is 0.0696. The van der Waals surface area contributed by atoms with Crippen LogP contribution in [0.4, 0.5) is 11.4 Å². The molecule has 0 unspecified atom stereocenters. The van der Waals surface area contributed by atoms with Crippen molar-refractivity contribution in [1.29, 1.82) is 0 Å². The molecule has 0 saturated heterocycles. The quantitative estimate of drug-likeness (QED) is 0.449. The highest BCUT2D eigenvalue weighted by molar-refractivity contribution is 6.05. The molecule has 0 saturated carbocycles. The van der Waals surface area contributed by atoms with Crippen LogP contribution in [0.2, 0.25) is 0 Å². The average Bonchev–Trinajstić information content (AvgIpc) is 2.80. The summed E-state index contributed by atoms with van der Waals surface area (Å²) in [4.78, 5) is 28.7. The Bertz CT molecular complexity index is 1340. The fourth-order valence-corrected chi connectivity index (χ4v) is 3.16. The van der Waals surface area contributed by atoms with Crippen molar-refractivity contribution in [3.63, 3.8) is 0 Å². The van der Waals surface area contributed by atoms with E-state index < -0.39 is 5.97 Å². The van der Waals surface area contributed by atoms with Crippen molar-refractivity contribution in [2.45, 2.75) is 6.92 Å². The number of nitrogens with zero attached hydrogens (tertiary/aromatic N) is 1. The minimum atomic E-state index is -1.03. The second kappa shape index (κ2) is 9.18. The number of hydrogen-bond acceptors (Lipinski definition) is 5. The van der Waals surface area contributed by atoms with Gasteiger partial charge in [-0.3, -0.25) is 4.79 Å². The molecule has 3 aromatic carbocycles. The predicted octanol–water partition coefficient (Wildman–Crippen LogP) is 5.01. The molecule has 0 aliphatic heterocycles. The summed E-state index contributed by atoms with van der Waals surface area (Å²) in [5.74, 6) is -0.876. The molecular formula is C25H20N2O5. The lowest BCUT2D eigenvalue weighted by atomic mass is 10.1. The largest absolute Gasteiger partial charge is 0.490 e. The highest BCUT2D eigenvalue weighted by atomic mass is 16.5. The Labute approximate surface area is 183 Å². The van der Waals surface area contributed by atoms with E-state index in [4.69, 9.17) is 14.3 Å². The van der Waals surface area contributed by atoms with Crippen LogP contribution in [0.25, 0.3) is 11.0 Å². The number of para-hydroxylation sites is 2. The second-order valence-electron chi connectivity index (χ2n) is 6.86. The first-order valence-electron chi connectivity index (χ1n) is 9.99. The van der Waals surface area contributed by atoms with Gasteiger partial charge in [0.25, 0.3) is 5.91 Å². The Morgan fingerprint density at radius 2 is 1.75 bits per heavy atom. The lowest BCUT2D eigenvalue weighted by Gasteiger charge is -2.09. The van der Waals surface area contributed by atoms with Crippen molar-refractivity contribution >= 4 is 34.2 Å². The van der Waals surface area contributed by atoms with Crippen molar-refractivity contribution < 1.29 is 23.8 Å². The number of rotatable bonds is 6. The summed E-state index contributed by atoms with van der Waals surface area (Å²) in [5.41, 5.74) is 2.00. The van der Waals surface area contributed by atoms with Gasteiger partial charge < -0.3 is 19.6 Å². The lowest BCUT2D eigenvalue weighted by Crippen LogP contribution is -2.21. The van der Waals surface area contributed by atoms with E-state index in [0.717, 1.165) is 0 Å². The molecule has 1 amide bonds. The standard InChI is InChI=1S/C25H20N2O5/c1-2-31-21-10-6-7-17-15-20(23(28)26-18-8-4-3-5-9-18)24(32-22(17)21)27-19-13-11-16(12-14-19)25(29)30/h3-15H,2H2,1H3,(H,26,28)(H,29,30). The summed E-state index contributed by atoms with van der Waals surface area (Å²) in [6, 6.07) is 22.2. The number of ether oxygens (including phenoxy) is 1. The molecule has 4 aromatic rings. The number of carboxylic acid groups (broad SMARTS) is 1. The monoisotopic (exact) mass is 428 g/mol. The minimum Gasteiger partial charge on any atom is -0.490 e. The van der Waals surface area contributed by atoms with Crippen molar-refractivity contribution in [3.8, 4) is 5.75 Å². The maximum Gasteiger partial charge on any atom is 0.335 e. The molecule has 0 aliphatic rings. The smallest absolute Gasteiger partial charge is 0.335 e. The zero-order valence-electron chi connectivity index (χ0n) is 17.2. The summed E-state index contributed by atoms with van der Waals surface area (Å²) >= 11 is 0. The molecule has 2 N–H and O–H groups in total. The first-order valence-corrected chi connectivity index (χ1v) is 9.99. The topological polar surface area (TPSA) is 101 Å². The number of anilines is 1. The molecular weight excluding hydrogens is 408 g/mol. The molecule has 7 nitrogen and oxygen atoms in total. The third-order valence-electron chi connectivity index (χ3n) is 4.66. The number of amides is 1. The number of carboxylic acids is 1. The fraction of sp³-hybridized carbons (Fsp3) is 0.0800. The third kappa shape index (κ3) is 4.52. The van der Waals surface area contributed by atoms with E-state index in [0.29, 0.717) is 34.7 Å². The Morgan fingerprint density at radius 3 is 2.44 bits per heavy atom. The first kappa shape index (κ1) is 20.9. The van der Waals surface area contributed by atoms with Crippen LogP contribution < -0.4 is 15.6 Å². The van der Waals surface area contributed by atoms with Crippen molar-refractivity contribution in [1.82, 2.24) is 0 Å². The van der Waals surface area contributed by atoms with E-state index in [2.05, 4.69) is 10.3 Å². The molecule has 0 radical (unpaired) electrons. The molecule has 1 aromatic heterocycles. The molecule has 0 spiro atoms. The highest BCUT2D eigenvalue weighted by Crippen LogP contribution is 2.25. The third-order valence-corrected chi connectivity index (χ3v) is 4.66. The zero-order chi connectivity index (χ0) is 22.5. The van der Waals surface area contributed by atoms with Gasteiger partial charge in [0, 0.05) is 11.1 Å². The molecule has 0 aliphatic carbocycles. The van der Waals surface area contributed by atoms with Crippen LogP contribution in [0, 0.1) is 0 Å². The van der Waals surface area contributed by atoms with Gasteiger partial charge in [0.15, 0.2) is 11.3 Å². The average molecular weight is 428 g/mol. The van der Waals surface area contributed by atoms with Crippen LogP contribution in [0.15, 0.2) is 88.3 Å². The summed E-state index contributed by atoms with van der Waals surface area (Å²) in [5, 5.41) is 12.6. The SMILES string of the molecule is CCOc1cccc2cc(C(=O)Nc3ccccc3)c(=Nc3ccc(C(=O)O)cc3)oc12. The van der Waals surface area contributed by atoms with Crippen LogP contribution >= 0.6 is 0 Å². The predicted molar refractivity (Wildman–Crippen MR) is 120 cm³/mol. The van der Waals surface area contributed by atoms with Gasteiger partial charge in [-0.2, -0.15) is 0 Å². The number of carbonyl (C=O) groups is 2. The Balaban J connectivity index is 1.86. The normalized spacial score (nSPS) is 11.3. The maximum atomic E-state index is 13.1. The van der Waals surface area contributed by atoms with Crippen LogP contribution in [-0.4, -0.2) is 23.6 Å². The Hall–Kier alpha value is -4.39. The van der Waals surface area contributed by atoms with Gasteiger partial charge in [-0.15, -0.1) is 0 Å². The number of hydrogen-bond donors (Lipinski definition) is 2. The van der Waals surface area contributed by atoms with E-state index in [9.17, 15) is 9.59 Å². The molecule has 160 valence electrons. The molecule has 1 heterocycles. The van der Waals surface area contributed by atoms with E-state index >= 15 is 0 Å². The minimum absolute atomic E-state index is 0.0844. The van der Waals surface area contributed by atoms with Crippen LogP contribution in [0.1, 0.15) is 27.6 Å². The second-order valence-corrected chi connectivity index (χ2v) is 6.86. The van der Waals surface area contributed by atoms with E-state index in [-0.39, 0.29) is 22.6 Å². The van der Waals surface area contributed by atoms with Gasteiger partial charge in [-0.25, -0.2) is 9.79 Å². The van der Waals surface area contributed by atoms with Gasteiger partial charge in [-0.1, -0.05) is 30.3 Å². The van der Waals surface area contributed by atoms with Gasteiger partial charge in [0.2, 0.25) is 5.55 Å². The first-order chi connectivity index (χ1) is 15.5. The summed E-state index contributed by atoms with van der Waals surface area (Å²) in [7, 11) is 0. The van der Waals surface area contributed by atoms with Gasteiger partial charge in [-0.05, 0) is 55.5 Å². The van der Waals surface area contributed by atoms with Crippen LogP contribution in [0.5, 0.6) is 5.75 Å². The number of benzene rings is 3. The Morgan fingerprint density at radius 1 is 1.00 bits per heavy atom. The summed E-state index contributed by atoms with van der Waals surface area (Å²) < 4.78 is 11.7. The number of aromatic carboxylic acids is 1. The number of fused-ring (bicyclic) bond motifs is 1. The zero-order valence-corrected chi connectivity index (χ0v) is 17.2. The van der Waals surface area contributed by atoms with Crippen molar-refractivity contribution in [2.24, 2.45) is 4.99 Å². The fourth-order valence-electron chi connectivity index (χ4n) is 3.16. The summed E-state index contributed by atoms with van der Waals surface area (Å²) in [6.45, 7) is 2.32. The van der Waals surface area contributed by atoms with E-state index in [1.54, 1.807) is 36.4 Å². The van der Waals surface area contributed by atoms with Crippen LogP contribution in [-0.2, 0) is 0 Å². The van der Waals surface area contributed by atoms with Gasteiger partial charge >= 0.3 is 5.97 Å². The van der Waals surface area contributed by atoms with Gasteiger partial charge in [0.1, 0.15) is 5.56 Å².